The lowest BCUT2D eigenvalue weighted by molar-refractivity contribution is 0.100. The molecule has 0 aliphatic heterocycles. The summed E-state index contributed by atoms with van der Waals surface area (Å²) in [6, 6.07) is 6.50. The van der Waals surface area contributed by atoms with Gasteiger partial charge in [0.15, 0.2) is 23.0 Å². The van der Waals surface area contributed by atoms with Gasteiger partial charge in [-0.25, -0.2) is 4.98 Å². The van der Waals surface area contributed by atoms with E-state index in [1.165, 1.54) is 61.1 Å². The van der Waals surface area contributed by atoms with Gasteiger partial charge in [0.2, 0.25) is 17.3 Å². The number of carbonyl (C=O) groups excluding carboxylic acids is 1. The minimum Gasteiger partial charge on any atom is -0.493 e. The Balaban J connectivity index is 2.01. The highest BCUT2D eigenvalue weighted by Crippen LogP contribution is 2.41. The van der Waals surface area contributed by atoms with Crippen molar-refractivity contribution in [3.05, 3.63) is 42.0 Å². The number of methoxy groups -OCH3 is 6. The Bertz CT molecular complexity index is 1040. The fourth-order valence-electron chi connectivity index (χ4n) is 3.08. The van der Waals surface area contributed by atoms with Crippen LogP contribution in [0.15, 0.2) is 34.9 Å². The van der Waals surface area contributed by atoms with Crippen molar-refractivity contribution in [2.24, 2.45) is 0 Å². The van der Waals surface area contributed by atoms with Crippen LogP contribution in [-0.4, -0.2) is 53.4 Å². The number of nitrogens with zero attached hydrogens (tertiary/aromatic N) is 1. The van der Waals surface area contributed by atoms with Crippen molar-refractivity contribution < 1.29 is 37.6 Å². The maximum atomic E-state index is 13.0. The van der Waals surface area contributed by atoms with Crippen molar-refractivity contribution in [1.82, 2.24) is 4.98 Å². The first-order valence-corrected chi connectivity index (χ1v) is 9.11. The third kappa shape index (κ3) is 4.07. The van der Waals surface area contributed by atoms with E-state index in [0.29, 0.717) is 45.8 Å². The fraction of sp³-hybridized carbons (Fsp3) is 0.273. The molecule has 0 saturated heterocycles. The van der Waals surface area contributed by atoms with Gasteiger partial charge in [-0.1, -0.05) is 0 Å². The van der Waals surface area contributed by atoms with E-state index in [9.17, 15) is 4.79 Å². The summed E-state index contributed by atoms with van der Waals surface area (Å²) in [5.74, 6) is 1.90. The molecule has 0 saturated carbocycles. The summed E-state index contributed by atoms with van der Waals surface area (Å²) in [6.45, 7) is 0. The van der Waals surface area contributed by atoms with Crippen LogP contribution in [0.2, 0.25) is 0 Å². The zero-order chi connectivity index (χ0) is 22.5. The molecule has 0 unspecified atom stereocenters. The summed E-state index contributed by atoms with van der Waals surface area (Å²) >= 11 is 0. The van der Waals surface area contributed by atoms with Crippen molar-refractivity contribution in [3.8, 4) is 45.8 Å². The van der Waals surface area contributed by atoms with Crippen LogP contribution < -0.4 is 28.4 Å². The van der Waals surface area contributed by atoms with Gasteiger partial charge in [-0.3, -0.25) is 4.79 Å². The van der Waals surface area contributed by atoms with E-state index in [-0.39, 0.29) is 11.5 Å². The number of carbonyl (C=O) groups is 1. The lowest BCUT2D eigenvalue weighted by atomic mass is 10.1. The van der Waals surface area contributed by atoms with Gasteiger partial charge in [0.25, 0.3) is 5.89 Å². The summed E-state index contributed by atoms with van der Waals surface area (Å²) in [5.41, 5.74) is 1.32. The summed E-state index contributed by atoms with van der Waals surface area (Å²) in [6.07, 6.45) is 1.38. The SMILES string of the molecule is COc1cc(C(=O)c2nc(-c3cc(OC)c(OC)c(OC)c3)co2)cc(OC)c1OC. The third-order valence-electron chi connectivity index (χ3n) is 4.59. The fourth-order valence-corrected chi connectivity index (χ4v) is 3.08. The van der Waals surface area contributed by atoms with E-state index < -0.39 is 5.78 Å². The van der Waals surface area contributed by atoms with Crippen molar-refractivity contribution in [3.63, 3.8) is 0 Å². The van der Waals surface area contributed by atoms with E-state index in [2.05, 4.69) is 4.98 Å². The predicted octanol–water partition coefficient (Wildman–Crippen LogP) is 3.62. The van der Waals surface area contributed by atoms with Gasteiger partial charge in [-0.15, -0.1) is 0 Å². The zero-order valence-corrected chi connectivity index (χ0v) is 18.1. The lowest BCUT2D eigenvalue weighted by Gasteiger charge is -2.13. The Morgan fingerprint density at radius 3 is 1.58 bits per heavy atom. The normalized spacial score (nSPS) is 10.4. The van der Waals surface area contributed by atoms with Crippen LogP contribution in [0.5, 0.6) is 34.5 Å². The summed E-state index contributed by atoms with van der Waals surface area (Å²) < 4.78 is 37.4. The number of hydrogen-bond acceptors (Lipinski definition) is 9. The molecule has 1 aromatic heterocycles. The molecule has 31 heavy (non-hydrogen) atoms. The molecule has 0 atom stereocenters. The largest absolute Gasteiger partial charge is 0.493 e. The predicted molar refractivity (Wildman–Crippen MR) is 111 cm³/mol. The number of oxazole rings is 1. The summed E-state index contributed by atoms with van der Waals surface area (Å²) in [7, 11) is 8.98. The molecule has 9 nitrogen and oxygen atoms in total. The topological polar surface area (TPSA) is 98.5 Å². The van der Waals surface area contributed by atoms with Crippen molar-refractivity contribution in [1.29, 1.82) is 0 Å². The number of ether oxygens (including phenoxy) is 6. The van der Waals surface area contributed by atoms with Gasteiger partial charge in [-0.05, 0) is 24.3 Å². The van der Waals surface area contributed by atoms with Gasteiger partial charge in [0.1, 0.15) is 12.0 Å². The molecule has 0 aliphatic rings. The van der Waals surface area contributed by atoms with Crippen LogP contribution in [0.3, 0.4) is 0 Å². The molecule has 3 rings (SSSR count). The highest BCUT2D eigenvalue weighted by molar-refractivity contribution is 6.07. The quantitative estimate of drug-likeness (QED) is 0.472. The monoisotopic (exact) mass is 429 g/mol. The highest BCUT2D eigenvalue weighted by atomic mass is 16.5. The molecule has 164 valence electrons. The maximum absolute atomic E-state index is 13.0. The van der Waals surface area contributed by atoms with Crippen LogP contribution in [0.4, 0.5) is 0 Å². The average Bonchev–Trinajstić information content (AvgIpc) is 3.31. The van der Waals surface area contributed by atoms with E-state index in [0.717, 1.165) is 0 Å². The van der Waals surface area contributed by atoms with Gasteiger partial charge < -0.3 is 32.8 Å². The molecule has 0 spiro atoms. The Kier molecular flexibility index (Phi) is 6.54. The number of ketones is 1. The standard InChI is InChI=1S/C22H23NO8/c1-25-15-7-12(8-16(26-2)20(15)29-5)14-11-31-22(23-14)19(24)13-9-17(27-3)21(30-6)18(10-13)28-4/h7-11H,1-6H3. The van der Waals surface area contributed by atoms with E-state index in [1.54, 1.807) is 12.1 Å². The van der Waals surface area contributed by atoms with Gasteiger partial charge in [0, 0.05) is 11.1 Å². The Hall–Kier alpha value is -3.88. The molecule has 0 radical (unpaired) electrons. The molecular formula is C22H23NO8. The van der Waals surface area contributed by atoms with Crippen LogP contribution in [0, 0.1) is 0 Å². The molecular weight excluding hydrogens is 406 g/mol. The number of hydrogen-bond donors (Lipinski definition) is 0. The molecule has 0 N–H and O–H groups in total. The molecule has 0 fully saturated rings. The second kappa shape index (κ2) is 9.29. The zero-order valence-electron chi connectivity index (χ0n) is 18.1. The van der Waals surface area contributed by atoms with Crippen molar-refractivity contribution in [2.45, 2.75) is 0 Å². The maximum Gasteiger partial charge on any atom is 0.268 e. The average molecular weight is 429 g/mol. The first-order valence-electron chi connectivity index (χ1n) is 9.11. The summed E-state index contributed by atoms with van der Waals surface area (Å²) in [5, 5.41) is 0. The smallest absolute Gasteiger partial charge is 0.268 e. The van der Waals surface area contributed by atoms with Gasteiger partial charge in [0.05, 0.1) is 42.7 Å². The van der Waals surface area contributed by atoms with Crippen LogP contribution in [0.25, 0.3) is 11.3 Å². The first-order chi connectivity index (χ1) is 15.0. The Labute approximate surface area is 179 Å². The lowest BCUT2D eigenvalue weighted by Crippen LogP contribution is -2.04. The van der Waals surface area contributed by atoms with Gasteiger partial charge >= 0.3 is 0 Å². The summed E-state index contributed by atoms with van der Waals surface area (Å²) in [4.78, 5) is 17.3. The van der Waals surface area contributed by atoms with E-state index in [4.69, 9.17) is 32.8 Å². The first kappa shape index (κ1) is 21.8. The molecule has 2 aromatic carbocycles. The molecule has 9 heteroatoms. The second-order valence-corrected chi connectivity index (χ2v) is 6.20. The number of rotatable bonds is 9. The highest BCUT2D eigenvalue weighted by Gasteiger charge is 2.23. The molecule has 0 aliphatic carbocycles. The van der Waals surface area contributed by atoms with Crippen LogP contribution in [0.1, 0.15) is 16.2 Å². The van der Waals surface area contributed by atoms with Gasteiger partial charge in [-0.2, -0.15) is 0 Å². The van der Waals surface area contributed by atoms with Crippen LogP contribution >= 0.6 is 0 Å². The number of benzene rings is 2. The molecule has 1 heterocycles. The number of aromatic nitrogens is 1. The van der Waals surface area contributed by atoms with E-state index >= 15 is 0 Å². The Morgan fingerprint density at radius 1 is 0.710 bits per heavy atom. The van der Waals surface area contributed by atoms with Crippen molar-refractivity contribution >= 4 is 5.78 Å². The molecule has 3 aromatic rings. The minimum absolute atomic E-state index is 0.0991. The molecule has 0 amide bonds. The van der Waals surface area contributed by atoms with Crippen molar-refractivity contribution in [2.75, 3.05) is 42.7 Å². The third-order valence-corrected chi connectivity index (χ3v) is 4.59. The van der Waals surface area contributed by atoms with Crippen LogP contribution in [-0.2, 0) is 0 Å². The van der Waals surface area contributed by atoms with E-state index in [1.807, 2.05) is 0 Å². The minimum atomic E-state index is -0.446. The second-order valence-electron chi connectivity index (χ2n) is 6.20. The molecule has 0 bridgehead atoms. The Morgan fingerprint density at radius 2 is 1.16 bits per heavy atom.